The van der Waals surface area contributed by atoms with Crippen molar-refractivity contribution in [2.75, 3.05) is 41.9 Å². The number of pyridine rings is 2. The third-order valence-corrected chi connectivity index (χ3v) is 12.3. The number of hydrogen-bond donors (Lipinski definition) is 2. The van der Waals surface area contributed by atoms with E-state index >= 15 is 0 Å². The average molecular weight is 838 g/mol. The quantitative estimate of drug-likeness (QED) is 0.122. The minimum atomic E-state index is -4.33. The molecule has 18 heteroatoms. The smallest absolute Gasteiger partial charge is 0.309 e. The normalized spacial score (nSPS) is 13.7. The SMILES string of the molecule is CCOC(=O)C1CCN(c2ccc(S(=O)(=O)NC(=O)c3nc(N(C)c4cc(C)c(Nc5nc6cccnc6s5)nn4)ccc3-c3cnn(CC(C)(C)C)c3C)cc2)CC1. The molecule has 7 rings (SSSR count). The number of anilines is 5. The number of amides is 1. The highest BCUT2D eigenvalue weighted by Gasteiger charge is 2.28. The van der Waals surface area contributed by atoms with Crippen molar-refractivity contribution in [3.8, 4) is 11.1 Å². The van der Waals surface area contributed by atoms with Crippen LogP contribution in [-0.4, -0.2) is 82.0 Å². The van der Waals surface area contributed by atoms with Crippen LogP contribution in [0.5, 0.6) is 0 Å². The fourth-order valence-electron chi connectivity index (χ4n) is 6.85. The Balaban J connectivity index is 1.14. The Bertz CT molecular complexity index is 2580. The topological polar surface area (TPSA) is 190 Å². The predicted molar refractivity (Wildman–Crippen MR) is 228 cm³/mol. The van der Waals surface area contributed by atoms with E-state index < -0.39 is 15.9 Å². The first-order chi connectivity index (χ1) is 28.1. The molecule has 0 unspecified atom stereocenters. The largest absolute Gasteiger partial charge is 0.466 e. The number of carbonyl (C=O) groups excluding carboxylic acids is 2. The highest BCUT2D eigenvalue weighted by atomic mass is 32.2. The van der Waals surface area contributed by atoms with E-state index in [-0.39, 0.29) is 27.9 Å². The molecule has 1 aliphatic rings. The summed E-state index contributed by atoms with van der Waals surface area (Å²) in [6.45, 7) is 14.1. The van der Waals surface area contributed by atoms with Crippen molar-refractivity contribution in [3.63, 3.8) is 0 Å². The van der Waals surface area contributed by atoms with E-state index in [0.717, 1.165) is 27.3 Å². The van der Waals surface area contributed by atoms with Crippen LogP contribution in [0.4, 0.5) is 28.3 Å². The third-order valence-electron chi connectivity index (χ3n) is 10.0. The van der Waals surface area contributed by atoms with Crippen LogP contribution < -0.4 is 19.8 Å². The number of aromatic nitrogens is 7. The zero-order chi connectivity index (χ0) is 42.1. The van der Waals surface area contributed by atoms with E-state index in [1.165, 1.54) is 23.5 Å². The number of rotatable bonds is 12. The van der Waals surface area contributed by atoms with Crippen LogP contribution in [-0.2, 0) is 26.1 Å². The number of nitrogens with one attached hydrogen (secondary N) is 2. The molecule has 1 saturated heterocycles. The fourth-order valence-corrected chi connectivity index (χ4v) is 8.60. The Kier molecular flexibility index (Phi) is 11.6. The number of fused-ring (bicyclic) bond motifs is 1. The number of sulfonamides is 1. The van der Waals surface area contributed by atoms with Gasteiger partial charge in [0, 0.05) is 55.4 Å². The van der Waals surface area contributed by atoms with Gasteiger partial charge in [0.1, 0.15) is 21.9 Å². The number of ether oxygens (including phenoxy) is 1. The molecule has 0 spiro atoms. The fraction of sp³-hybridized carbons (Fsp3) is 0.366. The molecule has 1 amide bonds. The number of nitrogens with zero attached hydrogens (tertiary/aromatic N) is 9. The highest BCUT2D eigenvalue weighted by molar-refractivity contribution is 7.90. The lowest BCUT2D eigenvalue weighted by atomic mass is 9.96. The molecule has 6 aromatic rings. The van der Waals surface area contributed by atoms with Crippen LogP contribution in [0.3, 0.4) is 0 Å². The molecule has 0 saturated carbocycles. The van der Waals surface area contributed by atoms with E-state index in [1.807, 2.05) is 36.7 Å². The molecule has 6 heterocycles. The van der Waals surface area contributed by atoms with Crippen molar-refractivity contribution >= 4 is 71.9 Å². The third kappa shape index (κ3) is 9.18. The summed E-state index contributed by atoms with van der Waals surface area (Å²) in [5.74, 6) is 0.0538. The van der Waals surface area contributed by atoms with Gasteiger partial charge in [0.15, 0.2) is 16.8 Å². The molecule has 0 aliphatic carbocycles. The van der Waals surface area contributed by atoms with Crippen LogP contribution in [0.1, 0.15) is 62.3 Å². The van der Waals surface area contributed by atoms with Gasteiger partial charge in [0.2, 0.25) is 0 Å². The zero-order valence-corrected chi connectivity index (χ0v) is 35.7. The van der Waals surface area contributed by atoms with E-state index in [4.69, 9.17) is 9.72 Å². The lowest BCUT2D eigenvalue weighted by Crippen LogP contribution is -2.37. The standard InChI is InChI=1S/C41H47N11O5S2/c1-8-57-39(54)27-17-20-51(21-18-27)28-11-13-29(14-12-28)59(55,56)49-37(53)35-30(31-23-43-52(26(31)3)24-41(4,5)6)15-16-33(45-35)50(7)34-22-25(2)36(48-47-34)46-40-44-32-10-9-19-42-38(32)58-40/h9-16,19,22-23,27H,8,17-18,20-21,24H2,1-7H3,(H,49,53)(H,44,46,48). The summed E-state index contributed by atoms with van der Waals surface area (Å²) in [6, 6.07) is 15.4. The molecule has 5 aromatic heterocycles. The van der Waals surface area contributed by atoms with Gasteiger partial charge in [0.25, 0.3) is 15.9 Å². The second-order valence-electron chi connectivity index (χ2n) is 15.6. The maximum absolute atomic E-state index is 14.2. The summed E-state index contributed by atoms with van der Waals surface area (Å²) >= 11 is 1.40. The van der Waals surface area contributed by atoms with Crippen LogP contribution in [0.2, 0.25) is 0 Å². The summed E-state index contributed by atoms with van der Waals surface area (Å²) in [6.07, 6.45) is 4.68. The van der Waals surface area contributed by atoms with Crippen molar-refractivity contribution in [2.24, 2.45) is 11.3 Å². The molecule has 0 atom stereocenters. The van der Waals surface area contributed by atoms with E-state index in [1.54, 1.807) is 55.5 Å². The minimum absolute atomic E-state index is 0.0718. The van der Waals surface area contributed by atoms with Crippen molar-refractivity contribution in [1.82, 2.24) is 39.7 Å². The molecule has 0 radical (unpaired) electrons. The first-order valence-corrected chi connectivity index (χ1v) is 21.6. The van der Waals surface area contributed by atoms with Gasteiger partial charge < -0.3 is 19.9 Å². The second-order valence-corrected chi connectivity index (χ2v) is 18.3. The molecule has 1 aromatic carbocycles. The maximum Gasteiger partial charge on any atom is 0.309 e. The second kappa shape index (κ2) is 16.7. The number of benzene rings is 1. The molecule has 1 fully saturated rings. The van der Waals surface area contributed by atoms with Crippen LogP contribution in [0.25, 0.3) is 21.5 Å². The predicted octanol–water partition coefficient (Wildman–Crippen LogP) is 6.81. The van der Waals surface area contributed by atoms with Gasteiger partial charge in [0.05, 0.1) is 23.6 Å². The lowest BCUT2D eigenvalue weighted by molar-refractivity contribution is -0.148. The summed E-state index contributed by atoms with van der Waals surface area (Å²) in [5.41, 5.74) is 4.06. The van der Waals surface area contributed by atoms with E-state index in [2.05, 4.69) is 61.0 Å². The van der Waals surface area contributed by atoms with Gasteiger partial charge in [-0.25, -0.2) is 28.1 Å². The number of piperidine rings is 1. The first-order valence-electron chi connectivity index (χ1n) is 19.3. The minimum Gasteiger partial charge on any atom is -0.466 e. The number of carbonyl (C=O) groups is 2. The molecule has 308 valence electrons. The summed E-state index contributed by atoms with van der Waals surface area (Å²) in [4.78, 5) is 44.6. The Morgan fingerprint density at radius 2 is 1.73 bits per heavy atom. The van der Waals surface area contributed by atoms with Gasteiger partial charge in [-0.2, -0.15) is 5.10 Å². The maximum atomic E-state index is 14.2. The van der Waals surface area contributed by atoms with Gasteiger partial charge >= 0.3 is 5.97 Å². The van der Waals surface area contributed by atoms with Crippen LogP contribution in [0.15, 0.2) is 71.9 Å². The molecule has 0 bridgehead atoms. The van der Waals surface area contributed by atoms with Gasteiger partial charge in [-0.15, -0.1) is 10.2 Å². The average Bonchev–Trinajstić information content (AvgIpc) is 3.79. The molecular weight excluding hydrogens is 791 g/mol. The summed E-state index contributed by atoms with van der Waals surface area (Å²) in [5, 5.41) is 17.3. The van der Waals surface area contributed by atoms with Crippen molar-refractivity contribution in [2.45, 2.75) is 65.8 Å². The Morgan fingerprint density at radius 3 is 2.41 bits per heavy atom. The molecule has 16 nitrogen and oxygen atoms in total. The van der Waals surface area contributed by atoms with Gasteiger partial charge in [-0.1, -0.05) is 32.1 Å². The Morgan fingerprint density at radius 1 is 0.983 bits per heavy atom. The number of thiazole rings is 1. The molecule has 59 heavy (non-hydrogen) atoms. The number of hydrogen-bond acceptors (Lipinski definition) is 15. The number of esters is 1. The summed E-state index contributed by atoms with van der Waals surface area (Å²) in [7, 11) is -2.59. The first kappa shape index (κ1) is 41.2. The van der Waals surface area contributed by atoms with E-state index in [9.17, 15) is 18.0 Å². The monoisotopic (exact) mass is 837 g/mol. The Labute approximate surface area is 347 Å². The molecule has 1 aliphatic heterocycles. The van der Waals surface area contributed by atoms with Gasteiger partial charge in [-0.05, 0) is 99.2 Å². The van der Waals surface area contributed by atoms with Gasteiger partial charge in [-0.3, -0.25) is 14.3 Å². The van der Waals surface area contributed by atoms with Crippen molar-refractivity contribution in [1.29, 1.82) is 0 Å². The Hall–Kier alpha value is -6.01. The number of aryl methyl sites for hydroxylation is 1. The zero-order valence-electron chi connectivity index (χ0n) is 34.1. The summed E-state index contributed by atoms with van der Waals surface area (Å²) < 4.78 is 36.9. The molecular formula is C41H47N11O5S2. The van der Waals surface area contributed by atoms with Crippen LogP contribution in [0, 0.1) is 25.2 Å². The molecule has 2 N–H and O–H groups in total. The van der Waals surface area contributed by atoms with Crippen molar-refractivity contribution in [3.05, 3.63) is 83.9 Å². The highest BCUT2D eigenvalue weighted by Crippen LogP contribution is 2.33. The van der Waals surface area contributed by atoms with Crippen molar-refractivity contribution < 1.29 is 22.7 Å². The van der Waals surface area contributed by atoms with Crippen LogP contribution >= 0.6 is 11.3 Å². The van der Waals surface area contributed by atoms with E-state index in [0.29, 0.717) is 72.8 Å². The lowest BCUT2D eigenvalue weighted by Gasteiger charge is -2.32.